The number of nitrogens with zero attached hydrogens (tertiary/aromatic N) is 3. The number of piperidine rings is 3. The number of amides is 3. The molecule has 486 valence electrons. The first kappa shape index (κ1) is 70.3. The monoisotopic (exact) mass is 1360 g/mol. The fourth-order valence-electron chi connectivity index (χ4n) is 9.03. The van der Waals surface area contributed by atoms with E-state index in [1.54, 1.807) is 6.92 Å². The number of carbonyl (C=O) groups excluding carboxylic acids is 3. The van der Waals surface area contributed by atoms with E-state index >= 15 is 0 Å². The van der Waals surface area contributed by atoms with Crippen molar-refractivity contribution < 1.29 is 108 Å². The molecule has 0 unspecified atom stereocenters. The Morgan fingerprint density at radius 1 is 0.467 bits per heavy atom. The van der Waals surface area contributed by atoms with Crippen LogP contribution in [-0.4, -0.2) is 139 Å². The fourth-order valence-corrected chi connectivity index (χ4v) is 14.1. The van der Waals surface area contributed by atoms with Crippen LogP contribution in [0, 0.1) is 64.0 Å². The molecule has 34 heteroatoms. The molecule has 9 rings (SSSR count). The second-order valence-corrected chi connectivity index (χ2v) is 27.0. The molecule has 3 aliphatic rings. The molecule has 3 aliphatic heterocycles. The zero-order chi connectivity index (χ0) is 66.6. The Morgan fingerprint density at radius 3 is 1.09 bits per heavy atom. The highest BCUT2D eigenvalue weighted by atomic mass is 35.5. The molecule has 0 aliphatic carbocycles. The van der Waals surface area contributed by atoms with Crippen molar-refractivity contribution in [3.63, 3.8) is 0 Å². The van der Waals surface area contributed by atoms with E-state index in [0.29, 0.717) is 36.4 Å². The Bertz CT molecular complexity index is 4030. The van der Waals surface area contributed by atoms with Crippen molar-refractivity contribution in [2.45, 2.75) is 77.4 Å². The highest BCUT2D eigenvalue weighted by molar-refractivity contribution is 7.89. The van der Waals surface area contributed by atoms with Gasteiger partial charge in [0.1, 0.15) is 26.3 Å². The predicted octanol–water partition coefficient (Wildman–Crippen LogP) is 8.19. The topological polar surface area (TPSA) is 280 Å². The Morgan fingerprint density at radius 2 is 0.756 bits per heavy atom. The van der Waals surface area contributed by atoms with Crippen molar-refractivity contribution in [2.24, 2.45) is 0 Å². The summed E-state index contributed by atoms with van der Waals surface area (Å²) >= 11 is 6.02. The number of hydrogen-bond acceptors (Lipinski definition) is 13. The largest absolute Gasteiger partial charge is 0.393 e. The average Bonchev–Trinajstić information content (AvgIpc) is 0.981. The first-order valence-electron chi connectivity index (χ1n) is 26.5. The Kier molecular flexibility index (Phi) is 22.0. The lowest BCUT2D eigenvalue weighted by Crippen LogP contribution is -2.48. The third-order valence-electron chi connectivity index (χ3n) is 14.3. The molecule has 3 saturated heterocycles. The molecule has 0 aromatic heterocycles. The molecular formula is C56H52ClF11N6O13S3. The van der Waals surface area contributed by atoms with Crippen molar-refractivity contribution in [3.8, 4) is 0 Å². The number of rotatable bonds is 13. The van der Waals surface area contributed by atoms with E-state index in [4.69, 9.17) is 11.6 Å². The second-order valence-electron chi connectivity index (χ2n) is 20.9. The van der Waals surface area contributed by atoms with Crippen LogP contribution in [0.1, 0.15) is 76.5 Å². The molecule has 6 aromatic rings. The van der Waals surface area contributed by atoms with Gasteiger partial charge in [-0.15, -0.1) is 0 Å². The average molecular weight is 1360 g/mol. The van der Waals surface area contributed by atoms with Crippen LogP contribution in [-0.2, 0) is 30.1 Å². The zero-order valence-corrected chi connectivity index (χ0v) is 49.7. The number of nitrogens with one attached hydrogen (secondary N) is 3. The summed E-state index contributed by atoms with van der Waals surface area (Å²) in [6.45, 7) is 0.819. The highest BCUT2D eigenvalue weighted by Gasteiger charge is 2.39. The lowest BCUT2D eigenvalue weighted by atomic mass is 9.94. The Labute approximate surface area is 511 Å². The van der Waals surface area contributed by atoms with Crippen molar-refractivity contribution >= 4 is 76.5 Å². The number of sulfonamides is 3. The quantitative estimate of drug-likeness (QED) is 0.0425. The minimum absolute atomic E-state index is 0.0284. The van der Waals surface area contributed by atoms with Crippen LogP contribution in [0.2, 0.25) is 5.02 Å². The summed E-state index contributed by atoms with van der Waals surface area (Å²) in [6, 6.07) is 12.0. The number of aliphatic hydroxyl groups is 4. The van der Waals surface area contributed by atoms with Crippen LogP contribution in [0.25, 0.3) is 0 Å². The van der Waals surface area contributed by atoms with Gasteiger partial charge in [-0.1, -0.05) is 11.6 Å². The van der Waals surface area contributed by atoms with Gasteiger partial charge in [0.15, 0.2) is 52.4 Å². The predicted molar refractivity (Wildman–Crippen MR) is 300 cm³/mol. The van der Waals surface area contributed by atoms with Crippen molar-refractivity contribution in [3.05, 3.63) is 177 Å². The van der Waals surface area contributed by atoms with E-state index in [9.17, 15) is 108 Å². The maximum absolute atomic E-state index is 14.3. The van der Waals surface area contributed by atoms with Gasteiger partial charge in [-0.05, 0) is 100 Å². The van der Waals surface area contributed by atoms with Crippen LogP contribution in [0.4, 0.5) is 65.4 Å². The summed E-state index contributed by atoms with van der Waals surface area (Å²) in [5.74, 6) is -19.2. The molecule has 3 fully saturated rings. The fraction of sp³-hybridized carbons (Fsp3) is 0.304. The van der Waals surface area contributed by atoms with Crippen LogP contribution < -0.4 is 16.0 Å². The maximum Gasteiger partial charge on any atom is 0.255 e. The van der Waals surface area contributed by atoms with Gasteiger partial charge < -0.3 is 36.4 Å². The molecule has 19 nitrogen and oxygen atoms in total. The molecule has 0 spiro atoms. The first-order valence-corrected chi connectivity index (χ1v) is 31.2. The Balaban J connectivity index is 0.000000192. The Hall–Kier alpha value is -7.18. The van der Waals surface area contributed by atoms with Crippen LogP contribution in [0.15, 0.2) is 106 Å². The van der Waals surface area contributed by atoms with Gasteiger partial charge >= 0.3 is 0 Å². The second kappa shape index (κ2) is 28.1. The zero-order valence-electron chi connectivity index (χ0n) is 46.5. The molecule has 7 N–H and O–H groups in total. The third kappa shape index (κ3) is 16.5. The van der Waals surface area contributed by atoms with Gasteiger partial charge in [-0.3, -0.25) is 14.4 Å². The number of aliphatic hydroxyl groups excluding tert-OH is 2. The summed E-state index contributed by atoms with van der Waals surface area (Å²) in [4.78, 5) is 35.3. The smallest absolute Gasteiger partial charge is 0.255 e. The van der Waals surface area contributed by atoms with Crippen LogP contribution in [0.5, 0.6) is 0 Å². The van der Waals surface area contributed by atoms with E-state index in [1.165, 1.54) is 12.1 Å². The minimum Gasteiger partial charge on any atom is -0.393 e. The van der Waals surface area contributed by atoms with Gasteiger partial charge in [-0.2, -0.15) is 12.9 Å². The number of anilines is 3. The molecular weight excluding hydrogens is 1310 g/mol. The van der Waals surface area contributed by atoms with Crippen molar-refractivity contribution in [1.82, 2.24) is 12.9 Å². The molecule has 0 radical (unpaired) electrons. The van der Waals surface area contributed by atoms with Gasteiger partial charge in [0.05, 0.1) is 28.9 Å². The molecule has 6 aromatic carbocycles. The third-order valence-corrected chi connectivity index (χ3v) is 20.5. The number of hydrogen-bond donors (Lipinski definition) is 7. The van der Waals surface area contributed by atoms with Crippen LogP contribution in [0.3, 0.4) is 0 Å². The van der Waals surface area contributed by atoms with E-state index in [0.717, 1.165) is 55.4 Å². The molecule has 0 atom stereocenters. The summed E-state index contributed by atoms with van der Waals surface area (Å²) in [5.41, 5.74) is -4.35. The van der Waals surface area contributed by atoms with E-state index in [-0.39, 0.29) is 110 Å². The molecule has 3 amide bonds. The summed E-state index contributed by atoms with van der Waals surface area (Å²) in [6.07, 6.45) is 0.173. The van der Waals surface area contributed by atoms with Crippen molar-refractivity contribution in [2.75, 3.05) is 61.8 Å². The van der Waals surface area contributed by atoms with Gasteiger partial charge in [0.25, 0.3) is 17.7 Å². The van der Waals surface area contributed by atoms with E-state index < -0.39 is 157 Å². The maximum atomic E-state index is 14.3. The summed E-state index contributed by atoms with van der Waals surface area (Å²) in [5, 5.41) is 45.0. The normalized spacial score (nSPS) is 16.6. The summed E-state index contributed by atoms with van der Waals surface area (Å²) in [7, 11) is -12.7. The lowest BCUT2D eigenvalue weighted by molar-refractivity contribution is -0.0480. The first-order chi connectivity index (χ1) is 42.0. The molecule has 0 bridgehead atoms. The van der Waals surface area contributed by atoms with Crippen molar-refractivity contribution in [1.29, 1.82) is 0 Å². The van der Waals surface area contributed by atoms with E-state index in [1.807, 2.05) is 0 Å². The lowest BCUT2D eigenvalue weighted by Gasteiger charge is -2.36. The van der Waals surface area contributed by atoms with E-state index in [2.05, 4.69) is 16.0 Å². The van der Waals surface area contributed by atoms with Gasteiger partial charge in [0, 0.05) is 109 Å². The molecule has 0 saturated carbocycles. The van der Waals surface area contributed by atoms with Crippen LogP contribution >= 0.6 is 11.6 Å². The number of benzene rings is 6. The molecule has 90 heavy (non-hydrogen) atoms. The number of carbonyl (C=O) groups is 3. The molecule has 3 heterocycles. The SMILES string of the molecule is CC1(O)CCN(S(=O)(=O)c2cc(C(=O)Nc3cc(F)c(F)c(F)c3)ccc2F)CC1.O=C(Nc1cc(F)c(F)c(F)c1)c1ccc(Cl)c(S(=O)(=O)N2CCC(O)CC2)c1.O=C(Nc1cc(F)c(F)c(F)c1)c1ccc(F)c(S(=O)(=O)N2CCC(O)(CO)CC2)c1. The highest BCUT2D eigenvalue weighted by Crippen LogP contribution is 2.33. The standard InChI is InChI=1S/C19H18F4N2O5S.C19H18F4N2O4S.C18H16ClF3N2O4S/c20-13-2-1-11(18(27)24-12-8-14(21)17(23)15(22)9-12)7-16(13)31(29,30)25-5-3-19(28,10-26)4-6-25;1-19(27)4-6-25(7-5-19)30(28,29)16-8-11(2-3-13(16)20)18(26)24-12-9-14(21)17(23)15(22)10-12;19-13-2-1-10(18(26)23-11-8-14(20)17(22)15(21)9-11)7-16(13)29(27,28)24-5-3-12(25)4-6-24/h1-2,7-9,26,28H,3-6,10H2,(H,24,27);2-3,8-10,27H,4-7H2,1H3,(H,24,26);1-2,7-9,12,25H,3-6H2,(H,23,26). The van der Waals surface area contributed by atoms with Gasteiger partial charge in [0.2, 0.25) is 30.1 Å². The minimum atomic E-state index is -4.38. The number of halogens is 12. The van der Waals surface area contributed by atoms with Gasteiger partial charge in [-0.25, -0.2) is 73.5 Å². The summed E-state index contributed by atoms with van der Waals surface area (Å²) < 4.78 is 228.